The highest BCUT2D eigenvalue weighted by Gasteiger charge is 2.65. The largest absolute Gasteiger partial charge is 0.462 e. The van der Waals surface area contributed by atoms with Crippen molar-refractivity contribution in [3.63, 3.8) is 0 Å². The highest BCUT2D eigenvalue weighted by Crippen LogP contribution is 2.66. The van der Waals surface area contributed by atoms with Gasteiger partial charge in [-0.3, -0.25) is 9.59 Å². The van der Waals surface area contributed by atoms with Crippen molar-refractivity contribution in [1.29, 1.82) is 0 Å². The van der Waals surface area contributed by atoms with Crippen LogP contribution in [0.3, 0.4) is 0 Å². The topological polar surface area (TPSA) is 61.8 Å². The quantitative estimate of drug-likeness (QED) is 0.496. The second-order valence-electron chi connectivity index (χ2n) is 10.7. The van der Waals surface area contributed by atoms with Crippen molar-refractivity contribution in [3.05, 3.63) is 12.7 Å². The van der Waals surface area contributed by atoms with Gasteiger partial charge >= 0.3 is 11.9 Å². The van der Waals surface area contributed by atoms with Crippen molar-refractivity contribution in [3.8, 4) is 0 Å². The smallest absolute Gasteiger partial charge is 0.303 e. The molecule has 0 radical (unpaired) electrons. The number of hydrogen-bond acceptors (Lipinski definition) is 5. The predicted molar refractivity (Wildman–Crippen MR) is 111 cm³/mol. The Kier molecular flexibility index (Phi) is 5.47. The molecule has 0 N–H and O–H groups in total. The molecule has 5 heteroatoms. The van der Waals surface area contributed by atoms with E-state index < -0.39 is 5.60 Å². The molecule has 0 aromatic heterocycles. The number of carbonyl (C=O) groups excluding carboxylic acids is 2. The second kappa shape index (κ2) is 7.11. The van der Waals surface area contributed by atoms with Gasteiger partial charge in [0.25, 0.3) is 0 Å². The number of rotatable bonds is 3. The third kappa shape index (κ3) is 3.54. The molecule has 0 aromatic carbocycles. The lowest BCUT2D eigenvalue weighted by Crippen LogP contribution is -2.67. The van der Waals surface area contributed by atoms with E-state index in [0.29, 0.717) is 5.92 Å². The first-order valence-corrected chi connectivity index (χ1v) is 11.0. The summed E-state index contributed by atoms with van der Waals surface area (Å²) in [5.74, 6) is 0.168. The van der Waals surface area contributed by atoms with Gasteiger partial charge in [-0.25, -0.2) is 0 Å². The van der Waals surface area contributed by atoms with Crippen molar-refractivity contribution in [1.82, 2.24) is 0 Å². The number of carbonyl (C=O) groups is 2. The molecule has 0 amide bonds. The van der Waals surface area contributed by atoms with Gasteiger partial charge in [0.15, 0.2) is 0 Å². The predicted octanol–water partition coefficient (Wildman–Crippen LogP) is 4.83. The van der Waals surface area contributed by atoms with E-state index in [4.69, 9.17) is 14.2 Å². The monoisotopic (exact) mass is 406 g/mol. The van der Waals surface area contributed by atoms with Crippen LogP contribution in [-0.2, 0) is 23.8 Å². The summed E-state index contributed by atoms with van der Waals surface area (Å²) < 4.78 is 18.2. The molecule has 1 heterocycles. The van der Waals surface area contributed by atoms with Crippen LogP contribution in [0.1, 0.15) is 80.6 Å². The summed E-state index contributed by atoms with van der Waals surface area (Å²) in [5, 5.41) is 0. The van der Waals surface area contributed by atoms with Crippen molar-refractivity contribution in [2.45, 2.75) is 104 Å². The summed E-state index contributed by atoms with van der Waals surface area (Å²) in [6.07, 6.45) is 5.93. The van der Waals surface area contributed by atoms with E-state index in [0.717, 1.165) is 32.1 Å². The van der Waals surface area contributed by atoms with Crippen molar-refractivity contribution in [2.75, 3.05) is 0 Å². The van der Waals surface area contributed by atoms with E-state index >= 15 is 0 Å². The molecule has 3 rings (SSSR count). The van der Waals surface area contributed by atoms with Gasteiger partial charge in [0, 0.05) is 19.3 Å². The highest BCUT2D eigenvalue weighted by molar-refractivity contribution is 5.66. The zero-order valence-electron chi connectivity index (χ0n) is 19.2. The molecule has 164 valence electrons. The Labute approximate surface area is 175 Å². The number of esters is 2. The first-order valence-electron chi connectivity index (χ1n) is 11.0. The standard InChI is InChI=1S/C24H38O5/c1-9-23(7)20(28-16(3)26)14-18-22(6)12-11-19(27-15(2)25)21(4,5)17(22)10-13-24(18,8)29-23/h9,17-20H,1,10-14H2,2-8H3/t17-,18+,19-,20-,22-,23+,24+/m1/s1. The normalized spacial score (nSPS) is 46.0. The van der Waals surface area contributed by atoms with Crippen molar-refractivity contribution >= 4 is 11.9 Å². The molecule has 2 saturated carbocycles. The van der Waals surface area contributed by atoms with Gasteiger partial charge in [-0.1, -0.05) is 26.8 Å². The van der Waals surface area contributed by atoms with Crippen LogP contribution in [0.2, 0.25) is 0 Å². The third-order valence-electron chi connectivity index (χ3n) is 8.50. The average molecular weight is 407 g/mol. The molecule has 0 aromatic rings. The molecule has 0 unspecified atom stereocenters. The maximum atomic E-state index is 11.8. The van der Waals surface area contributed by atoms with Crippen LogP contribution in [0, 0.1) is 22.7 Å². The maximum absolute atomic E-state index is 11.8. The van der Waals surface area contributed by atoms with Gasteiger partial charge < -0.3 is 14.2 Å². The molecule has 29 heavy (non-hydrogen) atoms. The minimum Gasteiger partial charge on any atom is -0.462 e. The van der Waals surface area contributed by atoms with Gasteiger partial charge in [-0.05, 0) is 63.2 Å². The van der Waals surface area contributed by atoms with E-state index in [1.807, 2.05) is 6.92 Å². The fourth-order valence-electron chi connectivity index (χ4n) is 7.09. The van der Waals surface area contributed by atoms with Crippen LogP contribution in [0.5, 0.6) is 0 Å². The molecule has 1 aliphatic heterocycles. The zero-order valence-corrected chi connectivity index (χ0v) is 19.2. The van der Waals surface area contributed by atoms with Gasteiger partial charge in [-0.15, -0.1) is 6.58 Å². The number of fused-ring (bicyclic) bond motifs is 3. The van der Waals surface area contributed by atoms with E-state index in [1.54, 1.807) is 6.08 Å². The van der Waals surface area contributed by atoms with Gasteiger partial charge in [0.05, 0.1) is 5.60 Å². The lowest BCUT2D eigenvalue weighted by atomic mass is 9.43. The van der Waals surface area contributed by atoms with Crippen molar-refractivity contribution in [2.24, 2.45) is 22.7 Å². The van der Waals surface area contributed by atoms with Crippen LogP contribution < -0.4 is 0 Å². The fourth-order valence-corrected chi connectivity index (χ4v) is 7.09. The SMILES string of the molecule is C=C[C@]1(C)O[C@@]2(C)CC[C@@H]3C(C)(C)[C@H](OC(C)=O)CC[C@@]3(C)[C@@H]2C[C@H]1OC(C)=O. The number of hydrogen-bond donors (Lipinski definition) is 0. The second-order valence-corrected chi connectivity index (χ2v) is 10.7. The Balaban J connectivity index is 1.96. The fraction of sp³-hybridized carbons (Fsp3) is 0.833. The van der Waals surface area contributed by atoms with E-state index in [9.17, 15) is 9.59 Å². The lowest BCUT2D eigenvalue weighted by Gasteiger charge is -2.66. The summed E-state index contributed by atoms with van der Waals surface area (Å²) in [6.45, 7) is 18.0. The maximum Gasteiger partial charge on any atom is 0.303 e. The Bertz CT molecular complexity index is 699. The Morgan fingerprint density at radius 1 is 0.931 bits per heavy atom. The van der Waals surface area contributed by atoms with Crippen LogP contribution >= 0.6 is 0 Å². The molecule has 1 saturated heterocycles. The number of ether oxygens (including phenoxy) is 3. The molecule has 2 aliphatic carbocycles. The van der Waals surface area contributed by atoms with Crippen LogP contribution in [-0.4, -0.2) is 35.3 Å². The molecule has 3 aliphatic rings. The van der Waals surface area contributed by atoms with E-state index in [-0.39, 0.29) is 46.5 Å². The molecule has 0 spiro atoms. The van der Waals surface area contributed by atoms with E-state index in [1.165, 1.54) is 13.8 Å². The summed E-state index contributed by atoms with van der Waals surface area (Å²) in [6, 6.07) is 0. The van der Waals surface area contributed by atoms with E-state index in [2.05, 4.69) is 34.3 Å². The minimum atomic E-state index is -0.690. The van der Waals surface area contributed by atoms with Crippen molar-refractivity contribution < 1.29 is 23.8 Å². The average Bonchev–Trinajstić information content (AvgIpc) is 2.58. The van der Waals surface area contributed by atoms with Crippen LogP contribution in [0.4, 0.5) is 0 Å². The first kappa shape index (κ1) is 22.3. The third-order valence-corrected chi connectivity index (χ3v) is 8.50. The van der Waals surface area contributed by atoms with Gasteiger partial charge in [0.2, 0.25) is 0 Å². The Morgan fingerprint density at radius 3 is 2.07 bits per heavy atom. The molecule has 7 atom stereocenters. The molecular weight excluding hydrogens is 368 g/mol. The highest BCUT2D eigenvalue weighted by atomic mass is 16.6. The molecule has 5 nitrogen and oxygen atoms in total. The Hall–Kier alpha value is -1.36. The van der Waals surface area contributed by atoms with Crippen LogP contribution in [0.15, 0.2) is 12.7 Å². The molecular formula is C24H38O5. The van der Waals surface area contributed by atoms with Gasteiger partial charge in [0.1, 0.15) is 17.8 Å². The first-order chi connectivity index (χ1) is 13.3. The molecule has 0 bridgehead atoms. The zero-order chi connectivity index (χ0) is 21.8. The summed E-state index contributed by atoms with van der Waals surface area (Å²) in [7, 11) is 0. The van der Waals surface area contributed by atoms with Crippen LogP contribution in [0.25, 0.3) is 0 Å². The minimum absolute atomic E-state index is 0.0219. The van der Waals surface area contributed by atoms with Gasteiger partial charge in [-0.2, -0.15) is 0 Å². The Morgan fingerprint density at radius 2 is 1.52 bits per heavy atom. The summed E-state index contributed by atoms with van der Waals surface area (Å²) in [4.78, 5) is 23.5. The summed E-state index contributed by atoms with van der Waals surface area (Å²) in [5.41, 5.74) is -1.08. The molecule has 3 fully saturated rings. The summed E-state index contributed by atoms with van der Waals surface area (Å²) >= 11 is 0. The lowest BCUT2D eigenvalue weighted by molar-refractivity contribution is -0.291.